The molecule has 1 unspecified atom stereocenters. The van der Waals surface area contributed by atoms with E-state index in [4.69, 9.17) is 5.73 Å². The van der Waals surface area contributed by atoms with Crippen molar-refractivity contribution in [2.45, 2.75) is 31.7 Å². The first-order valence-electron chi connectivity index (χ1n) is 6.42. The molecule has 0 radical (unpaired) electrons. The standard InChI is InChI=1S/C13H19N3O3S/c1-8-4-5-11(14)9(2)12(8)20(18,19)16-7-6-15-13(17)10(16)3/h4-5,10H,6-7,14H2,1-3H3,(H,15,17). The molecule has 7 heteroatoms. The number of amides is 1. The van der Waals surface area contributed by atoms with Gasteiger partial charge in [-0.05, 0) is 38.0 Å². The molecule has 3 N–H and O–H groups in total. The minimum atomic E-state index is -3.74. The number of nitrogens with zero attached hydrogens (tertiary/aromatic N) is 1. The van der Waals surface area contributed by atoms with Gasteiger partial charge >= 0.3 is 0 Å². The first-order valence-corrected chi connectivity index (χ1v) is 7.86. The first-order chi connectivity index (χ1) is 9.26. The molecule has 0 aliphatic carbocycles. The summed E-state index contributed by atoms with van der Waals surface area (Å²) in [7, 11) is -3.74. The molecule has 20 heavy (non-hydrogen) atoms. The lowest BCUT2D eigenvalue weighted by molar-refractivity contribution is -0.126. The molecule has 2 rings (SSSR count). The molecular formula is C13H19N3O3S. The lowest BCUT2D eigenvalue weighted by atomic mass is 10.1. The second-order valence-electron chi connectivity index (χ2n) is 5.01. The summed E-state index contributed by atoms with van der Waals surface area (Å²) in [5, 5.41) is 2.66. The fraction of sp³-hybridized carbons (Fsp3) is 0.462. The van der Waals surface area contributed by atoms with Gasteiger partial charge in [0, 0.05) is 18.8 Å². The molecule has 1 aliphatic heterocycles. The van der Waals surface area contributed by atoms with Crippen LogP contribution in [0.15, 0.2) is 17.0 Å². The SMILES string of the molecule is Cc1ccc(N)c(C)c1S(=O)(=O)N1CCNC(=O)C1C. The molecule has 1 aliphatic rings. The number of anilines is 1. The quantitative estimate of drug-likeness (QED) is 0.773. The summed E-state index contributed by atoms with van der Waals surface area (Å²) in [6, 6.07) is 2.66. The Hall–Kier alpha value is -1.60. The number of benzene rings is 1. The van der Waals surface area contributed by atoms with Crippen LogP contribution in [0, 0.1) is 13.8 Å². The van der Waals surface area contributed by atoms with Gasteiger partial charge in [-0.3, -0.25) is 4.79 Å². The van der Waals surface area contributed by atoms with Crippen LogP contribution in [0.25, 0.3) is 0 Å². The van der Waals surface area contributed by atoms with Crippen molar-refractivity contribution in [2.75, 3.05) is 18.8 Å². The number of nitrogens with one attached hydrogen (secondary N) is 1. The molecular weight excluding hydrogens is 278 g/mol. The third-order valence-electron chi connectivity index (χ3n) is 3.65. The highest BCUT2D eigenvalue weighted by Crippen LogP contribution is 2.29. The number of nitrogen functional groups attached to an aromatic ring is 1. The van der Waals surface area contributed by atoms with Crippen molar-refractivity contribution >= 4 is 21.6 Å². The van der Waals surface area contributed by atoms with E-state index in [1.54, 1.807) is 32.9 Å². The van der Waals surface area contributed by atoms with E-state index in [2.05, 4.69) is 5.32 Å². The Morgan fingerprint density at radius 1 is 1.35 bits per heavy atom. The van der Waals surface area contributed by atoms with Crippen molar-refractivity contribution in [3.8, 4) is 0 Å². The zero-order valence-corrected chi connectivity index (χ0v) is 12.6. The van der Waals surface area contributed by atoms with Crippen LogP contribution < -0.4 is 11.1 Å². The fourth-order valence-electron chi connectivity index (χ4n) is 2.45. The largest absolute Gasteiger partial charge is 0.398 e. The van der Waals surface area contributed by atoms with Crippen LogP contribution in [-0.2, 0) is 14.8 Å². The van der Waals surface area contributed by atoms with Gasteiger partial charge in [0.15, 0.2) is 0 Å². The van der Waals surface area contributed by atoms with Crippen LogP contribution in [0.3, 0.4) is 0 Å². The minimum Gasteiger partial charge on any atom is -0.398 e. The highest BCUT2D eigenvalue weighted by molar-refractivity contribution is 7.89. The van der Waals surface area contributed by atoms with Crippen LogP contribution in [0.2, 0.25) is 0 Å². The molecule has 6 nitrogen and oxygen atoms in total. The van der Waals surface area contributed by atoms with Gasteiger partial charge in [-0.15, -0.1) is 0 Å². The van der Waals surface area contributed by atoms with Crippen molar-refractivity contribution in [3.05, 3.63) is 23.3 Å². The Labute approximate surface area is 119 Å². The summed E-state index contributed by atoms with van der Waals surface area (Å²) in [5.74, 6) is -0.279. The maximum absolute atomic E-state index is 12.8. The third-order valence-corrected chi connectivity index (χ3v) is 5.91. The molecule has 0 bridgehead atoms. The summed E-state index contributed by atoms with van der Waals surface area (Å²) in [6.45, 7) is 5.59. The monoisotopic (exact) mass is 297 g/mol. The average molecular weight is 297 g/mol. The van der Waals surface area contributed by atoms with Gasteiger partial charge in [-0.25, -0.2) is 8.42 Å². The van der Waals surface area contributed by atoms with Crippen molar-refractivity contribution in [1.82, 2.24) is 9.62 Å². The topological polar surface area (TPSA) is 92.5 Å². The zero-order chi connectivity index (χ0) is 15.1. The number of sulfonamides is 1. The molecule has 0 spiro atoms. The van der Waals surface area contributed by atoms with Crippen molar-refractivity contribution in [3.63, 3.8) is 0 Å². The molecule has 110 valence electrons. The molecule has 0 saturated carbocycles. The predicted octanol–water partition coefficient (Wildman–Crippen LogP) is 0.395. The molecule has 1 saturated heterocycles. The maximum Gasteiger partial charge on any atom is 0.244 e. The van der Waals surface area contributed by atoms with Gasteiger partial charge in [0.05, 0.1) is 4.90 Å². The van der Waals surface area contributed by atoms with E-state index in [1.807, 2.05) is 0 Å². The Bertz CT molecular complexity index is 655. The molecule has 1 fully saturated rings. The minimum absolute atomic E-state index is 0.207. The number of aryl methyl sites for hydroxylation is 1. The molecule has 1 aromatic rings. The predicted molar refractivity (Wildman–Crippen MR) is 76.7 cm³/mol. The van der Waals surface area contributed by atoms with Gasteiger partial charge in [0.1, 0.15) is 6.04 Å². The second kappa shape index (κ2) is 5.06. The number of carbonyl (C=O) groups is 1. The van der Waals surface area contributed by atoms with Crippen molar-refractivity contribution in [2.24, 2.45) is 0 Å². The summed E-state index contributed by atoms with van der Waals surface area (Å²) >= 11 is 0. The molecule has 1 atom stereocenters. The Balaban J connectivity index is 2.56. The molecule has 1 aromatic carbocycles. The number of carbonyl (C=O) groups excluding carboxylic acids is 1. The number of hydrogen-bond acceptors (Lipinski definition) is 4. The molecule has 0 aromatic heterocycles. The van der Waals surface area contributed by atoms with Gasteiger partial charge in [0.2, 0.25) is 15.9 Å². The van der Waals surface area contributed by atoms with Crippen molar-refractivity contribution < 1.29 is 13.2 Å². The molecule has 1 heterocycles. The van der Waals surface area contributed by atoms with Crippen molar-refractivity contribution in [1.29, 1.82) is 0 Å². The van der Waals surface area contributed by atoms with Crippen LogP contribution in [-0.4, -0.2) is 37.8 Å². The van der Waals surface area contributed by atoms with E-state index in [1.165, 1.54) is 4.31 Å². The van der Waals surface area contributed by atoms with E-state index in [0.717, 1.165) is 0 Å². The van der Waals surface area contributed by atoms with Crippen LogP contribution in [0.4, 0.5) is 5.69 Å². The summed E-state index contributed by atoms with van der Waals surface area (Å²) in [6.07, 6.45) is 0. The van der Waals surface area contributed by atoms with E-state index >= 15 is 0 Å². The van der Waals surface area contributed by atoms with E-state index in [-0.39, 0.29) is 17.3 Å². The number of nitrogens with two attached hydrogens (primary N) is 1. The highest BCUT2D eigenvalue weighted by Gasteiger charge is 2.37. The second-order valence-corrected chi connectivity index (χ2v) is 6.84. The van der Waals surface area contributed by atoms with E-state index in [0.29, 0.717) is 23.4 Å². The highest BCUT2D eigenvalue weighted by atomic mass is 32.2. The van der Waals surface area contributed by atoms with Crippen LogP contribution >= 0.6 is 0 Å². The maximum atomic E-state index is 12.8. The normalized spacial score (nSPS) is 20.8. The van der Waals surface area contributed by atoms with Crippen LogP contribution in [0.5, 0.6) is 0 Å². The van der Waals surface area contributed by atoms with Crippen LogP contribution in [0.1, 0.15) is 18.1 Å². The van der Waals surface area contributed by atoms with Gasteiger partial charge in [-0.2, -0.15) is 4.31 Å². The first kappa shape index (κ1) is 14.8. The van der Waals surface area contributed by atoms with Gasteiger partial charge < -0.3 is 11.1 Å². The lowest BCUT2D eigenvalue weighted by Crippen LogP contribution is -2.55. The number of piperazine rings is 1. The third kappa shape index (κ3) is 2.27. The fourth-order valence-corrected chi connectivity index (χ4v) is 4.50. The zero-order valence-electron chi connectivity index (χ0n) is 11.8. The Kier molecular flexibility index (Phi) is 3.75. The summed E-state index contributed by atoms with van der Waals surface area (Å²) in [4.78, 5) is 11.9. The number of rotatable bonds is 2. The average Bonchev–Trinajstić information content (AvgIpc) is 2.37. The summed E-state index contributed by atoms with van der Waals surface area (Å²) in [5.41, 5.74) is 7.41. The Morgan fingerprint density at radius 3 is 2.65 bits per heavy atom. The summed E-state index contributed by atoms with van der Waals surface area (Å²) < 4.78 is 26.9. The van der Waals surface area contributed by atoms with E-state index in [9.17, 15) is 13.2 Å². The number of hydrogen-bond donors (Lipinski definition) is 2. The Morgan fingerprint density at radius 2 is 2.00 bits per heavy atom. The lowest BCUT2D eigenvalue weighted by Gasteiger charge is -2.32. The van der Waals surface area contributed by atoms with Gasteiger partial charge in [0.25, 0.3) is 0 Å². The van der Waals surface area contributed by atoms with E-state index < -0.39 is 16.1 Å². The van der Waals surface area contributed by atoms with Gasteiger partial charge in [-0.1, -0.05) is 6.07 Å². The molecule has 1 amide bonds. The smallest absolute Gasteiger partial charge is 0.244 e.